The first-order valence-electron chi connectivity index (χ1n) is 6.90. The summed E-state index contributed by atoms with van der Waals surface area (Å²) in [5.41, 5.74) is 1.37. The van der Waals surface area contributed by atoms with Gasteiger partial charge in [-0.25, -0.2) is 27.6 Å². The molecule has 0 aliphatic rings. The lowest BCUT2D eigenvalue weighted by molar-refractivity contribution is 0.0352. The summed E-state index contributed by atoms with van der Waals surface area (Å²) >= 11 is 0. The number of nitrogens with one attached hydrogen (secondary N) is 1. The van der Waals surface area contributed by atoms with Gasteiger partial charge in [0.2, 0.25) is 10.0 Å². The summed E-state index contributed by atoms with van der Waals surface area (Å²) in [6.45, 7) is 2.22. The molecule has 0 radical (unpaired) electrons. The molecule has 1 N–H and O–H groups in total. The first kappa shape index (κ1) is 17.1. The van der Waals surface area contributed by atoms with Crippen LogP contribution in [0.15, 0.2) is 36.9 Å². The third kappa shape index (κ3) is 5.80. The number of sulfonamides is 1. The van der Waals surface area contributed by atoms with Gasteiger partial charge in [0.1, 0.15) is 18.8 Å². The van der Waals surface area contributed by atoms with Crippen molar-refractivity contribution in [1.82, 2.24) is 19.5 Å². The van der Waals surface area contributed by atoms with E-state index in [1.165, 1.54) is 6.33 Å². The molecule has 2 aromatic rings. The van der Waals surface area contributed by atoms with Gasteiger partial charge in [-0.1, -0.05) is 12.1 Å². The number of rotatable bonds is 7. The van der Waals surface area contributed by atoms with Crippen LogP contribution in [0.2, 0.25) is 0 Å². The number of aromatic nitrogens is 3. The van der Waals surface area contributed by atoms with Crippen LogP contribution in [0.1, 0.15) is 22.8 Å². The smallest absolute Gasteiger partial charge is 0.338 e. The molecule has 0 saturated carbocycles. The van der Waals surface area contributed by atoms with E-state index in [2.05, 4.69) is 14.8 Å². The van der Waals surface area contributed by atoms with Crippen molar-refractivity contribution in [3.63, 3.8) is 0 Å². The SMILES string of the molecule is C[C@@H](CNS(C)(=O)=O)OC(=O)c1ccc(Cn2cncn2)cc1. The van der Waals surface area contributed by atoms with E-state index in [-0.39, 0.29) is 6.54 Å². The van der Waals surface area contributed by atoms with E-state index in [1.807, 2.05) is 0 Å². The third-order valence-corrected chi connectivity index (χ3v) is 3.63. The van der Waals surface area contributed by atoms with Gasteiger partial charge >= 0.3 is 5.97 Å². The van der Waals surface area contributed by atoms with Crippen molar-refractivity contribution in [2.45, 2.75) is 19.6 Å². The molecule has 0 fully saturated rings. The van der Waals surface area contributed by atoms with Gasteiger partial charge in [-0.3, -0.25) is 0 Å². The number of nitrogens with zero attached hydrogens (tertiary/aromatic N) is 3. The van der Waals surface area contributed by atoms with Gasteiger partial charge in [0.25, 0.3) is 0 Å². The molecule has 2 rings (SSSR count). The number of hydrogen-bond acceptors (Lipinski definition) is 6. The highest BCUT2D eigenvalue weighted by Crippen LogP contribution is 2.08. The molecule has 1 aromatic carbocycles. The van der Waals surface area contributed by atoms with Crippen LogP contribution in [0.3, 0.4) is 0 Å². The Hall–Kier alpha value is -2.26. The average Bonchev–Trinajstić information content (AvgIpc) is 2.98. The Bertz CT molecular complexity index is 742. The highest BCUT2D eigenvalue weighted by Gasteiger charge is 2.13. The van der Waals surface area contributed by atoms with Crippen molar-refractivity contribution < 1.29 is 17.9 Å². The van der Waals surface area contributed by atoms with Gasteiger partial charge < -0.3 is 4.74 Å². The lowest BCUT2D eigenvalue weighted by Crippen LogP contribution is -2.32. The Labute approximate surface area is 134 Å². The molecule has 1 aromatic heterocycles. The molecule has 0 saturated heterocycles. The zero-order chi connectivity index (χ0) is 16.9. The lowest BCUT2D eigenvalue weighted by Gasteiger charge is -2.13. The van der Waals surface area contributed by atoms with Crippen molar-refractivity contribution in [3.8, 4) is 0 Å². The Balaban J connectivity index is 1.89. The lowest BCUT2D eigenvalue weighted by atomic mass is 10.1. The molecule has 0 spiro atoms. The fraction of sp³-hybridized carbons (Fsp3) is 0.357. The van der Waals surface area contributed by atoms with Crippen LogP contribution in [0.5, 0.6) is 0 Å². The van der Waals surface area contributed by atoms with Crippen molar-refractivity contribution in [2.24, 2.45) is 0 Å². The summed E-state index contributed by atoms with van der Waals surface area (Å²) in [5.74, 6) is -0.500. The zero-order valence-electron chi connectivity index (χ0n) is 12.8. The largest absolute Gasteiger partial charge is 0.458 e. The predicted octanol–water partition coefficient (Wildman–Crippen LogP) is 0.421. The van der Waals surface area contributed by atoms with E-state index in [0.29, 0.717) is 12.1 Å². The molecule has 0 unspecified atom stereocenters. The molecule has 1 atom stereocenters. The van der Waals surface area contributed by atoms with Crippen LogP contribution in [-0.2, 0) is 21.3 Å². The van der Waals surface area contributed by atoms with Crippen LogP contribution in [0.25, 0.3) is 0 Å². The van der Waals surface area contributed by atoms with E-state index < -0.39 is 22.1 Å². The van der Waals surface area contributed by atoms with Crippen LogP contribution in [0, 0.1) is 0 Å². The maximum Gasteiger partial charge on any atom is 0.338 e. The summed E-state index contributed by atoms with van der Waals surface area (Å²) in [5, 5.41) is 4.01. The topological polar surface area (TPSA) is 103 Å². The second-order valence-electron chi connectivity index (χ2n) is 5.13. The molecule has 23 heavy (non-hydrogen) atoms. The van der Waals surface area contributed by atoms with Gasteiger partial charge in [-0.15, -0.1) is 0 Å². The quantitative estimate of drug-likeness (QED) is 0.734. The van der Waals surface area contributed by atoms with Crippen molar-refractivity contribution in [1.29, 1.82) is 0 Å². The second-order valence-corrected chi connectivity index (χ2v) is 6.96. The molecule has 124 valence electrons. The summed E-state index contributed by atoms with van der Waals surface area (Å²) in [6.07, 6.45) is 3.55. The van der Waals surface area contributed by atoms with E-state index in [4.69, 9.17) is 4.74 Å². The van der Waals surface area contributed by atoms with Gasteiger partial charge in [0, 0.05) is 6.54 Å². The Morgan fingerprint density at radius 3 is 2.61 bits per heavy atom. The molecular formula is C14H18N4O4S. The number of esters is 1. The highest BCUT2D eigenvalue weighted by molar-refractivity contribution is 7.88. The number of carbonyl (C=O) groups excluding carboxylic acids is 1. The molecule has 0 amide bonds. The van der Waals surface area contributed by atoms with E-state index in [9.17, 15) is 13.2 Å². The minimum absolute atomic E-state index is 0.0367. The van der Waals surface area contributed by atoms with Crippen molar-refractivity contribution in [2.75, 3.05) is 12.8 Å². The van der Waals surface area contributed by atoms with E-state index in [1.54, 1.807) is 42.2 Å². The Morgan fingerprint density at radius 1 is 1.35 bits per heavy atom. The number of carbonyl (C=O) groups is 1. The first-order valence-corrected chi connectivity index (χ1v) is 8.79. The maximum absolute atomic E-state index is 12.0. The van der Waals surface area contributed by atoms with Gasteiger partial charge in [0.15, 0.2) is 0 Å². The average molecular weight is 338 g/mol. The maximum atomic E-state index is 12.0. The summed E-state index contributed by atoms with van der Waals surface area (Å²) in [6, 6.07) is 6.92. The van der Waals surface area contributed by atoms with Crippen LogP contribution < -0.4 is 4.72 Å². The monoisotopic (exact) mass is 338 g/mol. The van der Waals surface area contributed by atoms with Crippen molar-refractivity contribution >= 4 is 16.0 Å². The normalized spacial score (nSPS) is 12.8. The van der Waals surface area contributed by atoms with Gasteiger partial charge in [-0.05, 0) is 24.6 Å². The first-order chi connectivity index (χ1) is 10.8. The molecule has 8 nitrogen and oxygen atoms in total. The summed E-state index contributed by atoms with van der Waals surface area (Å²) in [4.78, 5) is 15.8. The molecular weight excluding hydrogens is 320 g/mol. The van der Waals surface area contributed by atoms with Crippen LogP contribution >= 0.6 is 0 Å². The summed E-state index contributed by atoms with van der Waals surface area (Å²) < 4.78 is 31.1. The van der Waals surface area contributed by atoms with Crippen molar-refractivity contribution in [3.05, 3.63) is 48.0 Å². The summed E-state index contributed by atoms with van der Waals surface area (Å²) in [7, 11) is -3.30. The number of benzene rings is 1. The van der Waals surface area contributed by atoms with Gasteiger partial charge in [0.05, 0.1) is 18.4 Å². The fourth-order valence-electron chi connectivity index (χ4n) is 1.81. The predicted molar refractivity (Wildman–Crippen MR) is 83.3 cm³/mol. The Morgan fingerprint density at radius 2 is 2.04 bits per heavy atom. The standard InChI is InChI=1S/C14H18N4O4S/c1-11(7-17-23(2,20)21)22-14(19)13-5-3-12(4-6-13)8-18-10-15-9-16-18/h3-6,9-11,17H,7-8H2,1-2H3/t11-/m0/s1. The highest BCUT2D eigenvalue weighted by atomic mass is 32.2. The molecule has 0 aliphatic heterocycles. The van der Waals surface area contributed by atoms with E-state index in [0.717, 1.165) is 11.8 Å². The number of ether oxygens (including phenoxy) is 1. The zero-order valence-corrected chi connectivity index (χ0v) is 13.7. The van der Waals surface area contributed by atoms with E-state index >= 15 is 0 Å². The minimum Gasteiger partial charge on any atom is -0.458 e. The fourth-order valence-corrected chi connectivity index (χ4v) is 2.35. The Kier molecular flexibility index (Phi) is 5.45. The van der Waals surface area contributed by atoms with Gasteiger partial charge in [-0.2, -0.15) is 5.10 Å². The molecule has 9 heteroatoms. The minimum atomic E-state index is -3.30. The molecule has 0 aliphatic carbocycles. The van der Waals surface area contributed by atoms with Crippen LogP contribution in [0.4, 0.5) is 0 Å². The molecule has 1 heterocycles. The van der Waals surface area contributed by atoms with Crippen LogP contribution in [-0.4, -0.2) is 48.1 Å². The second kappa shape index (κ2) is 7.34. The molecule has 0 bridgehead atoms. The third-order valence-electron chi connectivity index (χ3n) is 2.94. The number of hydrogen-bond donors (Lipinski definition) is 1.